The SMILES string of the molecule is COC[C@]12COC[C@H]1CN(C(=O)Cc1ccc(F)cc1C)C2. The number of halogens is 1. The van der Waals surface area contributed by atoms with Gasteiger partial charge in [-0.05, 0) is 30.2 Å². The Morgan fingerprint density at radius 2 is 2.36 bits per heavy atom. The Kier molecular flexibility index (Phi) is 4.19. The second kappa shape index (κ2) is 5.97. The Morgan fingerprint density at radius 3 is 3.09 bits per heavy atom. The summed E-state index contributed by atoms with van der Waals surface area (Å²) in [6.07, 6.45) is 0.322. The monoisotopic (exact) mass is 307 g/mol. The molecule has 0 radical (unpaired) electrons. The minimum atomic E-state index is -0.263. The van der Waals surface area contributed by atoms with Gasteiger partial charge in [-0.15, -0.1) is 0 Å². The van der Waals surface area contributed by atoms with Crippen molar-refractivity contribution in [2.24, 2.45) is 11.3 Å². The summed E-state index contributed by atoms with van der Waals surface area (Å²) in [5.41, 5.74) is 1.66. The van der Waals surface area contributed by atoms with Gasteiger partial charge in [-0.25, -0.2) is 4.39 Å². The highest BCUT2D eigenvalue weighted by Crippen LogP contribution is 2.41. The predicted octanol–water partition coefficient (Wildman–Crippen LogP) is 1.80. The smallest absolute Gasteiger partial charge is 0.227 e. The van der Waals surface area contributed by atoms with Gasteiger partial charge in [0.15, 0.2) is 0 Å². The lowest BCUT2D eigenvalue weighted by molar-refractivity contribution is -0.130. The van der Waals surface area contributed by atoms with Crippen LogP contribution in [-0.4, -0.2) is 50.8 Å². The molecule has 0 N–H and O–H groups in total. The average Bonchev–Trinajstić information content (AvgIpc) is 2.99. The largest absolute Gasteiger partial charge is 0.384 e. The third-order valence-electron chi connectivity index (χ3n) is 4.95. The van der Waals surface area contributed by atoms with Crippen molar-refractivity contribution in [3.05, 3.63) is 35.1 Å². The minimum Gasteiger partial charge on any atom is -0.384 e. The number of methoxy groups -OCH3 is 1. The summed E-state index contributed by atoms with van der Waals surface area (Å²) in [5.74, 6) is 0.186. The van der Waals surface area contributed by atoms with Crippen LogP contribution in [0.2, 0.25) is 0 Å². The average molecular weight is 307 g/mol. The Bertz CT molecular complexity index is 577. The molecule has 2 aliphatic rings. The molecule has 0 aliphatic carbocycles. The number of likely N-dealkylation sites (tertiary alicyclic amines) is 1. The van der Waals surface area contributed by atoms with Crippen LogP contribution in [0.4, 0.5) is 4.39 Å². The minimum absolute atomic E-state index is 0.0533. The van der Waals surface area contributed by atoms with Gasteiger partial charge in [0.1, 0.15) is 5.82 Å². The van der Waals surface area contributed by atoms with Crippen molar-refractivity contribution >= 4 is 5.91 Å². The van der Waals surface area contributed by atoms with Crippen molar-refractivity contribution in [3.63, 3.8) is 0 Å². The van der Waals surface area contributed by atoms with Gasteiger partial charge in [-0.2, -0.15) is 0 Å². The Morgan fingerprint density at radius 1 is 1.55 bits per heavy atom. The van der Waals surface area contributed by atoms with Crippen molar-refractivity contribution < 1.29 is 18.7 Å². The highest BCUT2D eigenvalue weighted by atomic mass is 19.1. The lowest BCUT2D eigenvalue weighted by Gasteiger charge is -2.26. The van der Waals surface area contributed by atoms with Crippen LogP contribution in [0.25, 0.3) is 0 Å². The maximum Gasteiger partial charge on any atom is 0.227 e. The molecule has 2 saturated heterocycles. The number of benzene rings is 1. The highest BCUT2D eigenvalue weighted by Gasteiger charge is 2.51. The Balaban J connectivity index is 1.69. The van der Waals surface area contributed by atoms with Crippen molar-refractivity contribution in [1.82, 2.24) is 4.90 Å². The van der Waals surface area contributed by atoms with Crippen molar-refractivity contribution in [2.45, 2.75) is 13.3 Å². The maximum absolute atomic E-state index is 13.2. The summed E-state index contributed by atoms with van der Waals surface area (Å²) >= 11 is 0. The molecule has 0 aromatic heterocycles. The molecule has 2 atom stereocenters. The first-order valence-electron chi connectivity index (χ1n) is 7.63. The zero-order valence-electron chi connectivity index (χ0n) is 13.1. The summed E-state index contributed by atoms with van der Waals surface area (Å²) < 4.78 is 24.1. The van der Waals surface area contributed by atoms with E-state index in [1.54, 1.807) is 13.2 Å². The van der Waals surface area contributed by atoms with Crippen molar-refractivity contribution in [3.8, 4) is 0 Å². The van der Waals surface area contributed by atoms with E-state index in [9.17, 15) is 9.18 Å². The first-order valence-corrected chi connectivity index (χ1v) is 7.63. The second-order valence-electron chi connectivity index (χ2n) is 6.53. The highest BCUT2D eigenvalue weighted by molar-refractivity contribution is 5.79. The summed E-state index contributed by atoms with van der Waals surface area (Å²) in [4.78, 5) is 14.5. The number of amides is 1. The van der Waals surface area contributed by atoms with E-state index < -0.39 is 0 Å². The molecular formula is C17H22FNO3. The zero-order chi connectivity index (χ0) is 15.7. The predicted molar refractivity (Wildman–Crippen MR) is 80.0 cm³/mol. The standard InChI is InChI=1S/C17H22FNO3/c1-12-5-15(18)4-3-13(12)6-16(20)19-7-14-8-22-11-17(14,9-19)10-21-2/h3-5,14H,6-11H2,1-2H3/t14-,17-/m1/s1. The van der Waals surface area contributed by atoms with E-state index in [0.29, 0.717) is 38.7 Å². The Labute approximate surface area is 130 Å². The topological polar surface area (TPSA) is 38.8 Å². The fourth-order valence-corrected chi connectivity index (χ4v) is 3.65. The molecule has 1 amide bonds. The number of hydrogen-bond acceptors (Lipinski definition) is 3. The first-order chi connectivity index (χ1) is 10.5. The summed E-state index contributed by atoms with van der Waals surface area (Å²) in [7, 11) is 1.69. The van der Waals surface area contributed by atoms with Gasteiger partial charge in [0.05, 0.1) is 26.2 Å². The van der Waals surface area contributed by atoms with Crippen molar-refractivity contribution in [2.75, 3.05) is 40.0 Å². The van der Waals surface area contributed by atoms with Crippen LogP contribution in [0.1, 0.15) is 11.1 Å². The fourth-order valence-electron chi connectivity index (χ4n) is 3.65. The number of fused-ring (bicyclic) bond motifs is 1. The first kappa shape index (κ1) is 15.4. The van der Waals surface area contributed by atoms with E-state index in [2.05, 4.69) is 0 Å². The van der Waals surface area contributed by atoms with E-state index in [1.807, 2.05) is 11.8 Å². The number of ether oxygens (including phenoxy) is 2. The van der Waals surface area contributed by atoms with Gasteiger partial charge < -0.3 is 14.4 Å². The van der Waals surface area contributed by atoms with Crippen LogP contribution in [0, 0.1) is 24.1 Å². The van der Waals surface area contributed by atoms with Gasteiger partial charge in [0, 0.05) is 31.5 Å². The molecule has 0 saturated carbocycles. The molecule has 2 fully saturated rings. The van der Waals surface area contributed by atoms with E-state index >= 15 is 0 Å². The third kappa shape index (κ3) is 2.75. The molecule has 1 aromatic carbocycles. The molecule has 0 unspecified atom stereocenters. The van der Waals surface area contributed by atoms with E-state index in [1.165, 1.54) is 12.1 Å². The molecule has 4 nitrogen and oxygen atoms in total. The zero-order valence-corrected chi connectivity index (χ0v) is 13.1. The number of aryl methyl sites for hydroxylation is 1. The number of carbonyl (C=O) groups excluding carboxylic acids is 1. The quantitative estimate of drug-likeness (QED) is 0.851. The fraction of sp³-hybridized carbons (Fsp3) is 0.588. The molecule has 2 aliphatic heterocycles. The van der Waals surface area contributed by atoms with Crippen LogP contribution in [-0.2, 0) is 20.7 Å². The van der Waals surface area contributed by atoms with Crippen LogP contribution in [0.5, 0.6) is 0 Å². The lowest BCUT2D eigenvalue weighted by Crippen LogP contribution is -2.37. The van der Waals surface area contributed by atoms with Gasteiger partial charge >= 0.3 is 0 Å². The number of hydrogen-bond donors (Lipinski definition) is 0. The van der Waals surface area contributed by atoms with Crippen LogP contribution in [0.3, 0.4) is 0 Å². The van der Waals surface area contributed by atoms with Crippen LogP contribution in [0.15, 0.2) is 18.2 Å². The van der Waals surface area contributed by atoms with E-state index in [4.69, 9.17) is 9.47 Å². The molecule has 1 aromatic rings. The lowest BCUT2D eigenvalue weighted by atomic mass is 9.82. The van der Waals surface area contributed by atoms with Gasteiger partial charge in [0.2, 0.25) is 5.91 Å². The normalized spacial score (nSPS) is 27.2. The second-order valence-corrected chi connectivity index (χ2v) is 6.53. The van der Waals surface area contributed by atoms with E-state index in [-0.39, 0.29) is 17.1 Å². The maximum atomic E-state index is 13.2. The molecule has 5 heteroatoms. The summed E-state index contributed by atoms with van der Waals surface area (Å²) in [6, 6.07) is 4.59. The van der Waals surface area contributed by atoms with Crippen molar-refractivity contribution in [1.29, 1.82) is 0 Å². The van der Waals surface area contributed by atoms with Gasteiger partial charge in [0.25, 0.3) is 0 Å². The van der Waals surface area contributed by atoms with E-state index in [0.717, 1.165) is 17.7 Å². The molecular weight excluding hydrogens is 285 g/mol. The molecule has 0 bridgehead atoms. The molecule has 120 valence electrons. The number of nitrogens with zero attached hydrogens (tertiary/aromatic N) is 1. The molecule has 22 heavy (non-hydrogen) atoms. The van der Waals surface area contributed by atoms with Crippen LogP contribution < -0.4 is 0 Å². The Hall–Kier alpha value is -1.46. The van der Waals surface area contributed by atoms with Gasteiger partial charge in [-0.3, -0.25) is 4.79 Å². The van der Waals surface area contributed by atoms with Crippen LogP contribution >= 0.6 is 0 Å². The summed E-state index contributed by atoms with van der Waals surface area (Å²) in [5, 5.41) is 0. The third-order valence-corrected chi connectivity index (χ3v) is 4.95. The number of rotatable bonds is 4. The molecule has 3 rings (SSSR count). The summed E-state index contributed by atoms with van der Waals surface area (Å²) in [6.45, 7) is 5.22. The molecule has 0 spiro atoms. The number of carbonyl (C=O) groups is 1. The van der Waals surface area contributed by atoms with Gasteiger partial charge in [-0.1, -0.05) is 6.07 Å². The molecule has 2 heterocycles.